The lowest BCUT2D eigenvalue weighted by Crippen LogP contribution is -1.82. The maximum absolute atomic E-state index is 5.41. The van der Waals surface area contributed by atoms with E-state index in [1.807, 2.05) is 54.6 Å². The van der Waals surface area contributed by atoms with Crippen molar-refractivity contribution in [3.63, 3.8) is 0 Å². The molecule has 1 aromatic heterocycles. The molecule has 4 heteroatoms. The summed E-state index contributed by atoms with van der Waals surface area (Å²) in [5.41, 5.74) is 4.17. The van der Waals surface area contributed by atoms with Gasteiger partial charge in [-0.3, -0.25) is 0 Å². The van der Waals surface area contributed by atoms with Gasteiger partial charge in [0.1, 0.15) is 0 Å². The highest BCUT2D eigenvalue weighted by Crippen LogP contribution is 2.26. The van der Waals surface area contributed by atoms with E-state index in [-0.39, 0.29) is 0 Å². The second kappa shape index (κ2) is 6.42. The second-order valence-electron chi connectivity index (χ2n) is 5.38. The molecule has 0 radical (unpaired) electrons. The summed E-state index contributed by atoms with van der Waals surface area (Å²) in [5, 5.41) is 4.08. The Balaban J connectivity index is 1.63. The maximum atomic E-state index is 5.41. The van der Waals surface area contributed by atoms with Crippen LogP contribution in [0.5, 0.6) is 0 Å². The summed E-state index contributed by atoms with van der Waals surface area (Å²) in [6, 6.07) is 26.2. The quantitative estimate of drug-likeness (QED) is 0.451. The van der Waals surface area contributed by atoms with Gasteiger partial charge in [0.05, 0.1) is 0 Å². The normalized spacial score (nSPS) is 10.7. The number of benzene rings is 3. The fourth-order valence-electron chi connectivity index (χ4n) is 2.52. The Morgan fingerprint density at radius 2 is 1.33 bits per heavy atom. The molecule has 0 bridgehead atoms. The van der Waals surface area contributed by atoms with Gasteiger partial charge < -0.3 is 4.52 Å². The number of rotatable bonds is 3. The summed E-state index contributed by atoms with van der Waals surface area (Å²) >= 11 is 3.46. The van der Waals surface area contributed by atoms with Crippen LogP contribution in [0, 0.1) is 0 Å². The van der Waals surface area contributed by atoms with E-state index in [1.165, 1.54) is 5.56 Å². The predicted octanol–water partition coefficient (Wildman–Crippen LogP) is 5.83. The molecule has 0 saturated carbocycles. The van der Waals surface area contributed by atoms with E-state index in [4.69, 9.17) is 4.52 Å². The van der Waals surface area contributed by atoms with Crippen LogP contribution < -0.4 is 0 Å². The molecule has 4 aromatic rings. The molecule has 1 heterocycles. The minimum atomic E-state index is 0.518. The van der Waals surface area contributed by atoms with Gasteiger partial charge in [0, 0.05) is 15.6 Å². The molecule has 0 aliphatic carbocycles. The molecule has 0 unspecified atom stereocenters. The van der Waals surface area contributed by atoms with Gasteiger partial charge in [-0.25, -0.2) is 0 Å². The molecular weight excluding hydrogens is 364 g/mol. The third-order valence-corrected chi connectivity index (χ3v) is 4.24. The van der Waals surface area contributed by atoms with E-state index >= 15 is 0 Å². The summed E-state index contributed by atoms with van der Waals surface area (Å²) in [5.74, 6) is 1.10. The summed E-state index contributed by atoms with van der Waals surface area (Å²) in [6.07, 6.45) is 0. The lowest BCUT2D eigenvalue weighted by molar-refractivity contribution is 0.432. The van der Waals surface area contributed by atoms with E-state index in [0.29, 0.717) is 11.7 Å². The zero-order chi connectivity index (χ0) is 16.4. The lowest BCUT2D eigenvalue weighted by Gasteiger charge is -2.01. The molecule has 0 saturated heterocycles. The van der Waals surface area contributed by atoms with Crippen LogP contribution in [0.25, 0.3) is 34.0 Å². The van der Waals surface area contributed by atoms with Gasteiger partial charge in [-0.15, -0.1) is 0 Å². The van der Waals surface area contributed by atoms with Crippen LogP contribution in [0.2, 0.25) is 0 Å². The highest BCUT2D eigenvalue weighted by Gasteiger charge is 2.11. The topological polar surface area (TPSA) is 38.9 Å². The Morgan fingerprint density at radius 3 is 2.08 bits per heavy atom. The van der Waals surface area contributed by atoms with E-state index in [1.54, 1.807) is 0 Å². The largest absolute Gasteiger partial charge is 0.334 e. The Kier molecular flexibility index (Phi) is 3.97. The molecular formula is C20H13BrN2O. The molecule has 0 amide bonds. The van der Waals surface area contributed by atoms with E-state index in [9.17, 15) is 0 Å². The van der Waals surface area contributed by atoms with Crippen molar-refractivity contribution in [1.29, 1.82) is 0 Å². The van der Waals surface area contributed by atoms with Gasteiger partial charge in [-0.1, -0.05) is 75.7 Å². The molecule has 24 heavy (non-hydrogen) atoms. The summed E-state index contributed by atoms with van der Waals surface area (Å²) < 4.78 is 6.40. The fraction of sp³-hybridized carbons (Fsp3) is 0. The number of hydrogen-bond acceptors (Lipinski definition) is 3. The molecule has 3 nitrogen and oxygen atoms in total. The van der Waals surface area contributed by atoms with E-state index in [2.05, 4.69) is 50.3 Å². The SMILES string of the molecule is Brc1cccc(-c2noc(-c3ccc(-c4ccccc4)cc3)n2)c1. The van der Waals surface area contributed by atoms with Crippen LogP contribution in [-0.4, -0.2) is 10.1 Å². The Bertz CT molecular complexity index is 962. The highest BCUT2D eigenvalue weighted by molar-refractivity contribution is 9.10. The van der Waals surface area contributed by atoms with Crippen LogP contribution >= 0.6 is 15.9 Å². The molecule has 0 fully saturated rings. The highest BCUT2D eigenvalue weighted by atomic mass is 79.9. The van der Waals surface area contributed by atoms with Crippen LogP contribution in [0.15, 0.2) is 87.9 Å². The maximum Gasteiger partial charge on any atom is 0.258 e. The summed E-state index contributed by atoms with van der Waals surface area (Å²) in [4.78, 5) is 4.50. The van der Waals surface area contributed by atoms with Crippen molar-refractivity contribution in [3.05, 3.63) is 83.3 Å². The van der Waals surface area contributed by atoms with E-state index in [0.717, 1.165) is 21.2 Å². The first-order valence-electron chi connectivity index (χ1n) is 7.55. The molecule has 3 aromatic carbocycles. The van der Waals surface area contributed by atoms with Gasteiger partial charge in [0.2, 0.25) is 5.82 Å². The summed E-state index contributed by atoms with van der Waals surface area (Å²) in [7, 11) is 0. The Hall–Kier alpha value is -2.72. The first-order chi connectivity index (χ1) is 11.8. The Morgan fingerprint density at radius 1 is 0.667 bits per heavy atom. The van der Waals surface area contributed by atoms with Crippen molar-refractivity contribution in [2.24, 2.45) is 0 Å². The standard InChI is InChI=1S/C20H13BrN2O/c21-18-8-4-7-17(13-18)19-22-20(24-23-19)16-11-9-15(10-12-16)14-5-2-1-3-6-14/h1-13H. The second-order valence-corrected chi connectivity index (χ2v) is 6.29. The zero-order valence-electron chi connectivity index (χ0n) is 12.7. The molecule has 0 aliphatic heterocycles. The van der Waals surface area contributed by atoms with Crippen LogP contribution in [0.3, 0.4) is 0 Å². The third-order valence-electron chi connectivity index (χ3n) is 3.75. The van der Waals surface area contributed by atoms with Crippen molar-refractivity contribution >= 4 is 15.9 Å². The average Bonchev–Trinajstić information content (AvgIpc) is 3.13. The lowest BCUT2D eigenvalue weighted by atomic mass is 10.0. The number of hydrogen-bond donors (Lipinski definition) is 0. The monoisotopic (exact) mass is 376 g/mol. The van der Waals surface area contributed by atoms with Gasteiger partial charge >= 0.3 is 0 Å². The fourth-order valence-corrected chi connectivity index (χ4v) is 2.92. The molecule has 4 rings (SSSR count). The molecule has 0 spiro atoms. The molecule has 0 aliphatic rings. The van der Waals surface area contributed by atoms with Crippen molar-refractivity contribution in [2.75, 3.05) is 0 Å². The molecule has 0 N–H and O–H groups in total. The minimum absolute atomic E-state index is 0.518. The first-order valence-corrected chi connectivity index (χ1v) is 8.34. The van der Waals surface area contributed by atoms with Crippen molar-refractivity contribution < 1.29 is 4.52 Å². The van der Waals surface area contributed by atoms with Crippen molar-refractivity contribution in [1.82, 2.24) is 10.1 Å². The van der Waals surface area contributed by atoms with Crippen LogP contribution in [0.1, 0.15) is 0 Å². The zero-order valence-corrected chi connectivity index (χ0v) is 14.3. The van der Waals surface area contributed by atoms with Gasteiger partial charge in [0.15, 0.2) is 0 Å². The number of halogens is 1. The van der Waals surface area contributed by atoms with E-state index < -0.39 is 0 Å². The number of nitrogens with zero attached hydrogens (tertiary/aromatic N) is 2. The third kappa shape index (κ3) is 3.01. The van der Waals surface area contributed by atoms with Gasteiger partial charge in [-0.05, 0) is 35.4 Å². The summed E-state index contributed by atoms with van der Waals surface area (Å²) in [6.45, 7) is 0. The smallest absolute Gasteiger partial charge is 0.258 e. The van der Waals surface area contributed by atoms with Crippen molar-refractivity contribution in [2.45, 2.75) is 0 Å². The molecule has 0 atom stereocenters. The van der Waals surface area contributed by atoms with Crippen LogP contribution in [-0.2, 0) is 0 Å². The average molecular weight is 377 g/mol. The minimum Gasteiger partial charge on any atom is -0.334 e. The Labute approximate surface area is 148 Å². The molecule has 116 valence electrons. The van der Waals surface area contributed by atoms with Crippen molar-refractivity contribution in [3.8, 4) is 34.0 Å². The number of aromatic nitrogens is 2. The van der Waals surface area contributed by atoms with Gasteiger partial charge in [0.25, 0.3) is 5.89 Å². The predicted molar refractivity (Wildman–Crippen MR) is 98.3 cm³/mol. The van der Waals surface area contributed by atoms with Gasteiger partial charge in [-0.2, -0.15) is 4.98 Å². The first kappa shape index (κ1) is 14.8. The van der Waals surface area contributed by atoms with Crippen LogP contribution in [0.4, 0.5) is 0 Å².